The van der Waals surface area contributed by atoms with E-state index in [-0.39, 0.29) is 17.5 Å². The molecule has 1 atom stereocenters. The molecule has 0 fully saturated rings. The van der Waals surface area contributed by atoms with Gasteiger partial charge in [-0.05, 0) is 18.8 Å². The summed E-state index contributed by atoms with van der Waals surface area (Å²) in [5, 5.41) is 11.1. The summed E-state index contributed by atoms with van der Waals surface area (Å²) in [6.45, 7) is 4.93. The maximum atomic E-state index is 12.4. The van der Waals surface area contributed by atoms with Gasteiger partial charge in [-0.3, -0.25) is 9.36 Å². The van der Waals surface area contributed by atoms with Crippen LogP contribution in [-0.4, -0.2) is 25.4 Å². The number of carbonyl (C=O) groups is 1. The molecule has 2 aromatic rings. The number of carbonyl (C=O) groups excluding carboxylic acids is 1. The van der Waals surface area contributed by atoms with E-state index in [2.05, 4.69) is 29.4 Å². The molecule has 2 aromatic heterocycles. The van der Waals surface area contributed by atoms with Crippen molar-refractivity contribution in [2.24, 2.45) is 18.9 Å². The monoisotopic (exact) mass is 333 g/mol. The number of nitrogens with one attached hydrogen (secondary N) is 1. The van der Waals surface area contributed by atoms with Gasteiger partial charge in [-0.15, -0.1) is 0 Å². The van der Waals surface area contributed by atoms with Gasteiger partial charge >= 0.3 is 5.69 Å². The fourth-order valence-electron chi connectivity index (χ4n) is 3.02. The van der Waals surface area contributed by atoms with Gasteiger partial charge in [-0.2, -0.15) is 5.10 Å². The van der Waals surface area contributed by atoms with Crippen molar-refractivity contribution in [2.75, 3.05) is 0 Å². The van der Waals surface area contributed by atoms with E-state index in [9.17, 15) is 9.59 Å². The zero-order valence-electron chi connectivity index (χ0n) is 14.3. The van der Waals surface area contributed by atoms with Gasteiger partial charge in [-0.1, -0.05) is 19.0 Å². The smallest absolute Gasteiger partial charge is 0.345 e. The summed E-state index contributed by atoms with van der Waals surface area (Å²) in [6, 6.07) is 1.88. The van der Waals surface area contributed by atoms with E-state index in [4.69, 9.17) is 4.52 Å². The minimum absolute atomic E-state index is 0.0711. The number of aromatic nitrogens is 4. The van der Waals surface area contributed by atoms with E-state index >= 15 is 0 Å². The second-order valence-electron chi connectivity index (χ2n) is 6.77. The van der Waals surface area contributed by atoms with E-state index in [1.54, 1.807) is 11.6 Å². The molecule has 1 N–H and O–H groups in total. The number of rotatable bonds is 5. The second kappa shape index (κ2) is 6.62. The molecule has 130 valence electrons. The second-order valence-corrected chi connectivity index (χ2v) is 6.77. The van der Waals surface area contributed by atoms with Crippen molar-refractivity contribution in [3.05, 3.63) is 33.8 Å². The first-order valence-electron chi connectivity index (χ1n) is 8.29. The van der Waals surface area contributed by atoms with Crippen LogP contribution in [-0.2, 0) is 37.8 Å². The molecule has 0 spiro atoms. The molecule has 0 aliphatic carbocycles. The molecular weight excluding hydrogens is 310 g/mol. The predicted octanol–water partition coefficient (Wildman–Crippen LogP) is 0.647. The Morgan fingerprint density at radius 2 is 2.29 bits per heavy atom. The Balaban J connectivity index is 1.57. The number of fused-ring (bicyclic) bond motifs is 1. The van der Waals surface area contributed by atoms with Gasteiger partial charge in [-0.25, -0.2) is 9.48 Å². The van der Waals surface area contributed by atoms with E-state index < -0.39 is 0 Å². The summed E-state index contributed by atoms with van der Waals surface area (Å²) < 4.78 is 8.15. The maximum Gasteiger partial charge on any atom is 0.345 e. The molecule has 8 nitrogen and oxygen atoms in total. The van der Waals surface area contributed by atoms with Gasteiger partial charge in [0.05, 0.1) is 18.2 Å². The lowest BCUT2D eigenvalue weighted by atomic mass is 9.98. The summed E-state index contributed by atoms with van der Waals surface area (Å²) in [5.41, 5.74) is 0.731. The van der Waals surface area contributed by atoms with Crippen molar-refractivity contribution < 1.29 is 9.32 Å². The number of aryl methyl sites for hydroxylation is 2. The average Bonchev–Trinajstić information content (AvgIpc) is 3.09. The van der Waals surface area contributed by atoms with Crippen LogP contribution in [0.25, 0.3) is 0 Å². The largest absolute Gasteiger partial charge is 0.359 e. The Bertz CT molecular complexity index is 786. The van der Waals surface area contributed by atoms with E-state index in [1.165, 1.54) is 4.68 Å². The van der Waals surface area contributed by atoms with Gasteiger partial charge < -0.3 is 9.84 Å². The highest BCUT2D eigenvalue weighted by Gasteiger charge is 2.27. The highest BCUT2D eigenvalue weighted by Crippen LogP contribution is 2.17. The van der Waals surface area contributed by atoms with Crippen LogP contribution >= 0.6 is 0 Å². The van der Waals surface area contributed by atoms with E-state index in [0.29, 0.717) is 37.6 Å². The molecule has 0 radical (unpaired) electrons. The molecule has 24 heavy (non-hydrogen) atoms. The lowest BCUT2D eigenvalue weighted by molar-refractivity contribution is -0.126. The molecule has 1 amide bonds. The summed E-state index contributed by atoms with van der Waals surface area (Å²) in [4.78, 5) is 24.3. The molecule has 0 unspecified atom stereocenters. The SMILES string of the molecule is CC(C)Cc1cc(CNC(=O)[C@H]2CCc3nn(C)c(=O)n3C2)on1. The van der Waals surface area contributed by atoms with Crippen LogP contribution in [0.4, 0.5) is 0 Å². The molecule has 8 heteroatoms. The first-order valence-corrected chi connectivity index (χ1v) is 8.29. The Hall–Kier alpha value is -2.38. The first kappa shape index (κ1) is 16.5. The van der Waals surface area contributed by atoms with Gasteiger partial charge in [0.1, 0.15) is 5.82 Å². The lowest BCUT2D eigenvalue weighted by Crippen LogP contribution is -2.38. The lowest BCUT2D eigenvalue weighted by Gasteiger charge is -2.21. The van der Waals surface area contributed by atoms with Gasteiger partial charge in [0.2, 0.25) is 5.91 Å². The van der Waals surface area contributed by atoms with Crippen molar-refractivity contribution in [3.8, 4) is 0 Å². The van der Waals surface area contributed by atoms with Crippen LogP contribution < -0.4 is 11.0 Å². The summed E-state index contributed by atoms with van der Waals surface area (Å²) in [7, 11) is 1.63. The highest BCUT2D eigenvalue weighted by molar-refractivity contribution is 5.78. The van der Waals surface area contributed by atoms with Gasteiger partial charge in [0.15, 0.2) is 5.76 Å². The molecule has 3 rings (SSSR count). The molecule has 3 heterocycles. The Kier molecular flexibility index (Phi) is 4.55. The minimum Gasteiger partial charge on any atom is -0.359 e. The third-order valence-electron chi connectivity index (χ3n) is 4.24. The zero-order valence-corrected chi connectivity index (χ0v) is 14.3. The fraction of sp³-hybridized carbons (Fsp3) is 0.625. The van der Waals surface area contributed by atoms with Crippen LogP contribution in [0.1, 0.15) is 37.5 Å². The zero-order chi connectivity index (χ0) is 17.3. The van der Waals surface area contributed by atoms with E-state index in [0.717, 1.165) is 17.9 Å². The average molecular weight is 333 g/mol. The Morgan fingerprint density at radius 3 is 3.04 bits per heavy atom. The third kappa shape index (κ3) is 3.42. The highest BCUT2D eigenvalue weighted by atomic mass is 16.5. The number of amides is 1. The normalized spacial score (nSPS) is 17.1. The van der Waals surface area contributed by atoms with Crippen LogP contribution in [0.3, 0.4) is 0 Å². The Morgan fingerprint density at radius 1 is 1.50 bits per heavy atom. The van der Waals surface area contributed by atoms with Crippen molar-refractivity contribution in [1.82, 2.24) is 24.8 Å². The molecular formula is C16H23N5O3. The van der Waals surface area contributed by atoms with Crippen LogP contribution in [0.2, 0.25) is 0 Å². The van der Waals surface area contributed by atoms with Gasteiger partial charge in [0, 0.05) is 26.1 Å². The maximum absolute atomic E-state index is 12.4. The molecule has 0 saturated carbocycles. The topological polar surface area (TPSA) is 95.0 Å². The fourth-order valence-corrected chi connectivity index (χ4v) is 3.02. The standard InChI is InChI=1S/C16H23N5O3/c1-10(2)6-12-7-13(24-19-12)8-17-15(22)11-4-5-14-18-20(3)16(23)21(14)9-11/h7,10-11H,4-6,8-9H2,1-3H3,(H,17,22)/t11-/m0/s1. The molecule has 0 bridgehead atoms. The third-order valence-corrected chi connectivity index (χ3v) is 4.24. The van der Waals surface area contributed by atoms with Crippen molar-refractivity contribution in [3.63, 3.8) is 0 Å². The number of hydrogen-bond acceptors (Lipinski definition) is 5. The van der Waals surface area contributed by atoms with Crippen LogP contribution in [0.15, 0.2) is 15.4 Å². The number of hydrogen-bond donors (Lipinski definition) is 1. The van der Waals surface area contributed by atoms with Crippen LogP contribution in [0.5, 0.6) is 0 Å². The van der Waals surface area contributed by atoms with Crippen molar-refractivity contribution in [2.45, 2.75) is 46.2 Å². The van der Waals surface area contributed by atoms with Crippen molar-refractivity contribution >= 4 is 5.91 Å². The van der Waals surface area contributed by atoms with Gasteiger partial charge in [0.25, 0.3) is 0 Å². The molecule has 0 aromatic carbocycles. The summed E-state index contributed by atoms with van der Waals surface area (Å²) >= 11 is 0. The molecule has 0 saturated heterocycles. The number of nitrogens with zero attached hydrogens (tertiary/aromatic N) is 4. The summed E-state index contributed by atoms with van der Waals surface area (Å²) in [5.74, 6) is 1.61. The van der Waals surface area contributed by atoms with Crippen LogP contribution in [0, 0.1) is 11.8 Å². The summed E-state index contributed by atoms with van der Waals surface area (Å²) in [6.07, 6.45) is 2.18. The van der Waals surface area contributed by atoms with Crippen molar-refractivity contribution in [1.29, 1.82) is 0 Å². The quantitative estimate of drug-likeness (QED) is 0.867. The first-order chi connectivity index (χ1) is 11.4. The Labute approximate surface area is 139 Å². The minimum atomic E-state index is -0.225. The molecule has 1 aliphatic heterocycles. The van der Waals surface area contributed by atoms with E-state index in [1.807, 2.05) is 6.07 Å². The molecule has 1 aliphatic rings. The predicted molar refractivity (Wildman–Crippen MR) is 86.2 cm³/mol.